The minimum Gasteiger partial charge on any atom is -0.504 e. The first-order valence-corrected chi connectivity index (χ1v) is 5.72. The summed E-state index contributed by atoms with van der Waals surface area (Å²) in [7, 11) is 0. The van der Waals surface area contributed by atoms with Gasteiger partial charge < -0.3 is 15.6 Å². The van der Waals surface area contributed by atoms with Crippen molar-refractivity contribution in [3.63, 3.8) is 0 Å². The Morgan fingerprint density at radius 2 is 1.94 bits per heavy atom. The number of hydrogen-bond donors (Lipinski definition) is 2. The predicted molar refractivity (Wildman–Crippen MR) is 69.5 cm³/mol. The Labute approximate surface area is 105 Å². The van der Waals surface area contributed by atoms with Crippen molar-refractivity contribution in [2.75, 3.05) is 6.61 Å². The van der Waals surface area contributed by atoms with Gasteiger partial charge in [-0.25, -0.2) is 0 Å². The summed E-state index contributed by atoms with van der Waals surface area (Å²) in [6, 6.07) is 11.0. The largest absolute Gasteiger partial charge is 0.504 e. The zero-order valence-electron chi connectivity index (χ0n) is 10.1. The van der Waals surface area contributed by atoms with Gasteiger partial charge in [0.15, 0.2) is 11.5 Å². The van der Waals surface area contributed by atoms with E-state index in [1.807, 2.05) is 24.3 Å². The summed E-state index contributed by atoms with van der Waals surface area (Å²) >= 11 is 0. The molecule has 0 saturated heterocycles. The van der Waals surface area contributed by atoms with Crippen LogP contribution in [0.2, 0.25) is 0 Å². The van der Waals surface area contributed by atoms with E-state index in [0.717, 1.165) is 10.8 Å². The van der Waals surface area contributed by atoms with Gasteiger partial charge in [-0.05, 0) is 22.9 Å². The third kappa shape index (κ3) is 2.53. The quantitative estimate of drug-likeness (QED) is 0.865. The minimum atomic E-state index is -0.421. The van der Waals surface area contributed by atoms with Crippen LogP contribution in [0, 0.1) is 5.92 Å². The van der Waals surface area contributed by atoms with E-state index >= 15 is 0 Å². The van der Waals surface area contributed by atoms with Gasteiger partial charge in [-0.15, -0.1) is 0 Å². The van der Waals surface area contributed by atoms with E-state index in [-0.39, 0.29) is 12.4 Å². The maximum absolute atomic E-state index is 10.9. The molecule has 3 N–H and O–H groups in total. The summed E-state index contributed by atoms with van der Waals surface area (Å²) < 4.78 is 5.42. The molecule has 1 unspecified atom stereocenters. The van der Waals surface area contributed by atoms with Gasteiger partial charge in [0.25, 0.3) is 0 Å². The van der Waals surface area contributed by atoms with Gasteiger partial charge in [-0.1, -0.05) is 31.2 Å². The number of hydrogen-bond acceptors (Lipinski definition) is 3. The third-order valence-corrected chi connectivity index (χ3v) is 2.80. The Kier molecular flexibility index (Phi) is 3.37. The van der Waals surface area contributed by atoms with Crippen molar-refractivity contribution in [3.8, 4) is 11.5 Å². The van der Waals surface area contributed by atoms with Crippen molar-refractivity contribution in [1.82, 2.24) is 0 Å². The number of carbonyl (C=O) groups is 1. The first-order valence-electron chi connectivity index (χ1n) is 5.72. The first kappa shape index (κ1) is 12.2. The number of rotatable bonds is 4. The summed E-state index contributed by atoms with van der Waals surface area (Å²) in [5.74, 6) is -0.390. The molecule has 0 saturated carbocycles. The molecule has 0 spiro atoms. The molecule has 0 aliphatic carbocycles. The average Bonchev–Trinajstić information content (AvgIpc) is 2.35. The highest BCUT2D eigenvalue weighted by molar-refractivity contribution is 5.85. The maximum atomic E-state index is 10.9. The third-order valence-electron chi connectivity index (χ3n) is 2.80. The molecule has 94 valence electrons. The van der Waals surface area contributed by atoms with E-state index in [4.69, 9.17) is 10.5 Å². The molecule has 2 aromatic carbocycles. The lowest BCUT2D eigenvalue weighted by molar-refractivity contribution is -0.122. The molecule has 0 bridgehead atoms. The Morgan fingerprint density at radius 3 is 2.56 bits per heavy atom. The molecule has 18 heavy (non-hydrogen) atoms. The molecule has 4 nitrogen and oxygen atoms in total. The summed E-state index contributed by atoms with van der Waals surface area (Å²) in [5.41, 5.74) is 5.15. The average molecular weight is 245 g/mol. The highest BCUT2D eigenvalue weighted by Gasteiger charge is 2.11. The second kappa shape index (κ2) is 4.96. The van der Waals surface area contributed by atoms with Crippen molar-refractivity contribution in [1.29, 1.82) is 0 Å². The number of benzene rings is 2. The van der Waals surface area contributed by atoms with Crippen LogP contribution >= 0.6 is 0 Å². The van der Waals surface area contributed by atoms with Crippen LogP contribution in [-0.2, 0) is 4.79 Å². The van der Waals surface area contributed by atoms with E-state index in [1.54, 1.807) is 19.1 Å². The monoisotopic (exact) mass is 245 g/mol. The van der Waals surface area contributed by atoms with Crippen LogP contribution in [0.3, 0.4) is 0 Å². The molecule has 0 aliphatic heterocycles. The van der Waals surface area contributed by atoms with Gasteiger partial charge in [-0.2, -0.15) is 0 Å². The van der Waals surface area contributed by atoms with Gasteiger partial charge in [0.1, 0.15) is 0 Å². The van der Waals surface area contributed by atoms with E-state index < -0.39 is 11.8 Å². The molecule has 1 atom stereocenters. The Balaban J connectivity index is 2.23. The lowest BCUT2D eigenvalue weighted by Gasteiger charge is -2.12. The molecule has 0 aliphatic rings. The number of fused-ring (bicyclic) bond motifs is 1. The number of aromatic hydroxyl groups is 1. The molecular formula is C14H15NO3. The number of primary amides is 1. The fourth-order valence-corrected chi connectivity index (χ4v) is 1.62. The van der Waals surface area contributed by atoms with Crippen LogP contribution < -0.4 is 10.5 Å². The molecule has 0 fully saturated rings. The fourth-order valence-electron chi connectivity index (χ4n) is 1.62. The molecule has 2 aromatic rings. The second-order valence-electron chi connectivity index (χ2n) is 4.28. The van der Waals surface area contributed by atoms with Crippen LogP contribution in [0.15, 0.2) is 36.4 Å². The Morgan fingerprint density at radius 1 is 1.33 bits per heavy atom. The van der Waals surface area contributed by atoms with Gasteiger partial charge >= 0.3 is 0 Å². The summed E-state index contributed by atoms with van der Waals surface area (Å²) in [4.78, 5) is 10.9. The van der Waals surface area contributed by atoms with E-state index in [1.165, 1.54) is 0 Å². The molecular weight excluding hydrogens is 230 g/mol. The Hall–Kier alpha value is -2.23. The van der Waals surface area contributed by atoms with E-state index in [0.29, 0.717) is 5.75 Å². The summed E-state index contributed by atoms with van der Waals surface area (Å²) in [6.45, 7) is 1.83. The van der Waals surface area contributed by atoms with Crippen molar-refractivity contribution < 1.29 is 14.6 Å². The van der Waals surface area contributed by atoms with Crippen LogP contribution in [0.25, 0.3) is 10.8 Å². The number of ether oxygens (including phenoxy) is 1. The number of amides is 1. The summed E-state index contributed by atoms with van der Waals surface area (Å²) in [5, 5.41) is 11.7. The molecule has 2 rings (SSSR count). The zero-order valence-corrected chi connectivity index (χ0v) is 10.1. The number of phenols is 1. The molecule has 1 amide bonds. The minimum absolute atomic E-state index is 0.0605. The van der Waals surface area contributed by atoms with Gasteiger partial charge in [0.2, 0.25) is 5.91 Å². The zero-order chi connectivity index (χ0) is 13.1. The predicted octanol–water partition coefficient (Wildman–Crippen LogP) is 2.05. The maximum Gasteiger partial charge on any atom is 0.223 e. The number of carbonyl (C=O) groups excluding carboxylic acids is 1. The second-order valence-corrected chi connectivity index (χ2v) is 4.28. The molecule has 4 heteroatoms. The van der Waals surface area contributed by atoms with Crippen molar-refractivity contribution in [3.05, 3.63) is 36.4 Å². The highest BCUT2D eigenvalue weighted by Crippen LogP contribution is 2.31. The van der Waals surface area contributed by atoms with Crippen molar-refractivity contribution in [2.24, 2.45) is 11.7 Å². The standard InChI is InChI=1S/C14H15NO3/c1-9(14(15)17)8-18-13-7-11-5-3-2-4-10(11)6-12(13)16/h2-7,9,16H,8H2,1H3,(H2,15,17). The smallest absolute Gasteiger partial charge is 0.223 e. The van der Waals surface area contributed by atoms with Crippen LogP contribution in [0.5, 0.6) is 11.5 Å². The van der Waals surface area contributed by atoms with Gasteiger partial charge in [0.05, 0.1) is 12.5 Å². The topological polar surface area (TPSA) is 72.6 Å². The SMILES string of the molecule is CC(COc1cc2ccccc2cc1O)C(N)=O. The lowest BCUT2D eigenvalue weighted by Crippen LogP contribution is -2.25. The molecule has 0 radical (unpaired) electrons. The van der Waals surface area contributed by atoms with Crippen LogP contribution in [0.4, 0.5) is 0 Å². The summed E-state index contributed by atoms with van der Waals surface area (Å²) in [6.07, 6.45) is 0. The van der Waals surface area contributed by atoms with E-state index in [9.17, 15) is 9.90 Å². The van der Waals surface area contributed by atoms with Crippen LogP contribution in [0.1, 0.15) is 6.92 Å². The van der Waals surface area contributed by atoms with Crippen LogP contribution in [-0.4, -0.2) is 17.6 Å². The van der Waals surface area contributed by atoms with Gasteiger partial charge in [0, 0.05) is 0 Å². The van der Waals surface area contributed by atoms with Crippen molar-refractivity contribution in [2.45, 2.75) is 6.92 Å². The lowest BCUT2D eigenvalue weighted by atomic mass is 10.1. The van der Waals surface area contributed by atoms with Crippen molar-refractivity contribution >= 4 is 16.7 Å². The first-order chi connectivity index (χ1) is 8.58. The number of nitrogens with two attached hydrogens (primary N) is 1. The number of phenolic OH excluding ortho intramolecular Hbond substituents is 1. The van der Waals surface area contributed by atoms with E-state index in [2.05, 4.69) is 0 Å². The fraction of sp³-hybridized carbons (Fsp3) is 0.214. The highest BCUT2D eigenvalue weighted by atomic mass is 16.5. The normalized spacial score (nSPS) is 12.3. The molecule has 0 heterocycles. The van der Waals surface area contributed by atoms with Gasteiger partial charge in [-0.3, -0.25) is 4.79 Å². The Bertz CT molecular complexity index is 580. The molecule has 0 aromatic heterocycles.